The Morgan fingerprint density at radius 2 is 2.17 bits per heavy atom. The van der Waals surface area contributed by atoms with Crippen molar-refractivity contribution in [1.82, 2.24) is 19.5 Å². The van der Waals surface area contributed by atoms with Crippen LogP contribution in [0.5, 0.6) is 0 Å². The number of anilines is 1. The number of ether oxygens (including phenoxy) is 1. The Balaban J connectivity index is 1.62. The molecule has 1 saturated heterocycles. The van der Waals surface area contributed by atoms with E-state index in [-0.39, 0.29) is 12.4 Å². The summed E-state index contributed by atoms with van der Waals surface area (Å²) in [4.78, 5) is 31.5. The highest BCUT2D eigenvalue weighted by Crippen LogP contribution is 2.49. The molecule has 4 N–H and O–H groups in total. The molecule has 2 aromatic heterocycles. The molecule has 0 unspecified atom stereocenters. The van der Waals surface area contributed by atoms with Crippen molar-refractivity contribution in [2.45, 2.75) is 49.1 Å². The lowest BCUT2D eigenvalue weighted by molar-refractivity contribution is 0.0630. The largest absolute Gasteiger partial charge is 0.368 e. The third-order valence-electron chi connectivity index (χ3n) is 4.39. The molecule has 11 heteroatoms. The lowest BCUT2D eigenvalue weighted by Gasteiger charge is -2.16. The zero-order valence-electron chi connectivity index (χ0n) is 12.6. The van der Waals surface area contributed by atoms with Gasteiger partial charge in [0.15, 0.2) is 11.5 Å². The van der Waals surface area contributed by atoms with Gasteiger partial charge in [0.2, 0.25) is 5.95 Å². The molecular weight excluding hydrogens is 357 g/mol. The molecule has 3 heterocycles. The van der Waals surface area contributed by atoms with E-state index in [2.05, 4.69) is 15.0 Å². The van der Waals surface area contributed by atoms with Gasteiger partial charge in [0.05, 0.1) is 30.0 Å². The van der Waals surface area contributed by atoms with Crippen molar-refractivity contribution in [2.24, 2.45) is 0 Å². The first kappa shape index (κ1) is 16.2. The van der Waals surface area contributed by atoms with Gasteiger partial charge in [-0.25, -0.2) is 9.97 Å². The lowest BCUT2D eigenvalue weighted by Crippen LogP contribution is -2.23. The topological polar surface area (TPSA) is 136 Å². The number of nitrogens with zero attached hydrogens (tertiary/aromatic N) is 4. The van der Waals surface area contributed by atoms with Gasteiger partial charge in [0, 0.05) is 12.3 Å². The first-order valence-electron chi connectivity index (χ1n) is 7.66. The molecule has 2 fully saturated rings. The van der Waals surface area contributed by atoms with Crippen molar-refractivity contribution in [3.05, 3.63) is 12.0 Å². The minimum Gasteiger partial charge on any atom is -0.368 e. The molecule has 4 rings (SSSR count). The molecule has 1 aliphatic carbocycles. The maximum atomic E-state index is 11.4. The van der Waals surface area contributed by atoms with Crippen LogP contribution in [0.25, 0.3) is 11.2 Å². The highest BCUT2D eigenvalue weighted by atomic mass is 35.5. The van der Waals surface area contributed by atoms with Gasteiger partial charge in [-0.05, 0) is 12.8 Å². The van der Waals surface area contributed by atoms with Gasteiger partial charge < -0.3 is 24.8 Å². The van der Waals surface area contributed by atoms with E-state index < -0.39 is 24.9 Å². The minimum absolute atomic E-state index is 0.105. The van der Waals surface area contributed by atoms with E-state index in [1.165, 1.54) is 0 Å². The molecule has 2 aliphatic rings. The number of halogens is 1. The first-order chi connectivity index (χ1) is 11.3. The van der Waals surface area contributed by atoms with E-state index in [1.807, 2.05) is 0 Å². The van der Waals surface area contributed by atoms with Crippen LogP contribution in [0.3, 0.4) is 0 Å². The standard InChI is InChI=1S/C13H17ClN5O4P/c14-7-3-9(24(20,21)22)23-8(7)4-19-5-16-11-10(6-1-2-6)17-13(15)18-12(11)19/h5-9H,1-4H2,(H2,15,17,18)(H2,20,21,22)/t7-,8+,9+/m0/s1. The zero-order valence-corrected chi connectivity index (χ0v) is 14.3. The van der Waals surface area contributed by atoms with Crippen molar-refractivity contribution in [3.8, 4) is 0 Å². The summed E-state index contributed by atoms with van der Waals surface area (Å²) in [5, 5.41) is -0.498. The number of fused-ring (bicyclic) bond motifs is 1. The number of hydrogen-bond donors (Lipinski definition) is 3. The van der Waals surface area contributed by atoms with E-state index in [9.17, 15) is 14.4 Å². The van der Waals surface area contributed by atoms with E-state index in [0.717, 1.165) is 18.5 Å². The second-order valence-corrected chi connectivity index (χ2v) is 8.60. The average Bonchev–Trinajstić information content (AvgIpc) is 3.17. The summed E-state index contributed by atoms with van der Waals surface area (Å²) >= 11 is 6.21. The van der Waals surface area contributed by atoms with Crippen LogP contribution < -0.4 is 5.73 Å². The van der Waals surface area contributed by atoms with Crippen LogP contribution in [0.1, 0.15) is 30.9 Å². The predicted molar refractivity (Wildman–Crippen MR) is 86.7 cm³/mol. The molecule has 9 nitrogen and oxygen atoms in total. The Morgan fingerprint density at radius 1 is 1.42 bits per heavy atom. The summed E-state index contributed by atoms with van der Waals surface area (Å²) in [6.07, 6.45) is 3.31. The molecule has 130 valence electrons. The quantitative estimate of drug-likeness (QED) is 0.537. The summed E-state index contributed by atoms with van der Waals surface area (Å²) in [6.45, 7) is 0.293. The summed E-state index contributed by atoms with van der Waals surface area (Å²) < 4.78 is 18.6. The van der Waals surface area contributed by atoms with Gasteiger partial charge in [-0.2, -0.15) is 4.98 Å². The second-order valence-electron chi connectivity index (χ2n) is 6.28. The predicted octanol–water partition coefficient (Wildman–Crippen LogP) is 1.19. The molecule has 2 aromatic rings. The van der Waals surface area contributed by atoms with E-state index >= 15 is 0 Å². The number of rotatable bonds is 4. The lowest BCUT2D eigenvalue weighted by atomic mass is 10.2. The first-order valence-corrected chi connectivity index (χ1v) is 9.77. The van der Waals surface area contributed by atoms with Crippen LogP contribution in [0.2, 0.25) is 0 Å². The summed E-state index contributed by atoms with van der Waals surface area (Å²) in [6, 6.07) is 0. The van der Waals surface area contributed by atoms with Gasteiger partial charge in [-0.15, -0.1) is 11.6 Å². The maximum Gasteiger partial charge on any atom is 0.354 e. The number of aromatic nitrogens is 4. The molecule has 0 amide bonds. The normalized spacial score (nSPS) is 27.9. The van der Waals surface area contributed by atoms with Crippen LogP contribution in [0.15, 0.2) is 6.33 Å². The Bertz CT molecular complexity index is 835. The second kappa shape index (κ2) is 5.64. The molecule has 0 aromatic carbocycles. The molecule has 0 spiro atoms. The van der Waals surface area contributed by atoms with Gasteiger partial charge in [0.1, 0.15) is 5.52 Å². The molecule has 3 atom stereocenters. The molecule has 0 radical (unpaired) electrons. The Morgan fingerprint density at radius 3 is 2.79 bits per heavy atom. The van der Waals surface area contributed by atoms with E-state index in [1.54, 1.807) is 10.9 Å². The van der Waals surface area contributed by atoms with Crippen LogP contribution in [0.4, 0.5) is 5.95 Å². The summed E-state index contributed by atoms with van der Waals surface area (Å²) in [5.41, 5.74) is 7.97. The van der Waals surface area contributed by atoms with Gasteiger partial charge in [0.25, 0.3) is 0 Å². The smallest absolute Gasteiger partial charge is 0.354 e. The average molecular weight is 374 g/mol. The van der Waals surface area contributed by atoms with Crippen molar-refractivity contribution < 1.29 is 19.1 Å². The van der Waals surface area contributed by atoms with Gasteiger partial charge >= 0.3 is 7.60 Å². The number of nitrogens with two attached hydrogens (primary N) is 1. The third-order valence-corrected chi connectivity index (χ3v) is 5.93. The SMILES string of the molecule is Nc1nc(C2CC2)c2ncn(C[C@H]3O[C@H](P(=O)(O)O)C[C@@H]3Cl)c2n1. The summed E-state index contributed by atoms with van der Waals surface area (Å²) in [7, 11) is -4.32. The highest BCUT2D eigenvalue weighted by molar-refractivity contribution is 7.52. The third kappa shape index (κ3) is 2.91. The Kier molecular flexibility index (Phi) is 3.81. The molecule has 24 heavy (non-hydrogen) atoms. The molecule has 1 aliphatic heterocycles. The summed E-state index contributed by atoms with van der Waals surface area (Å²) in [5.74, 6) is -0.598. The van der Waals surface area contributed by atoms with Crippen LogP contribution in [0, 0.1) is 0 Å². The Labute approximate surface area is 142 Å². The Hall–Kier alpha value is -1.25. The monoisotopic (exact) mass is 373 g/mol. The van der Waals surface area contributed by atoms with Crippen molar-refractivity contribution in [1.29, 1.82) is 0 Å². The van der Waals surface area contributed by atoms with Gasteiger partial charge in [-0.1, -0.05) is 0 Å². The maximum absolute atomic E-state index is 11.4. The number of alkyl halides is 1. The van der Waals surface area contributed by atoms with Crippen LogP contribution in [-0.4, -0.2) is 46.6 Å². The van der Waals surface area contributed by atoms with Crippen molar-refractivity contribution in [2.75, 3.05) is 5.73 Å². The highest BCUT2D eigenvalue weighted by Gasteiger charge is 2.43. The number of imidazole rings is 1. The van der Waals surface area contributed by atoms with E-state index in [4.69, 9.17) is 22.1 Å². The van der Waals surface area contributed by atoms with Gasteiger partial charge in [-0.3, -0.25) is 4.57 Å². The minimum atomic E-state index is -4.32. The van der Waals surface area contributed by atoms with Crippen LogP contribution in [-0.2, 0) is 15.8 Å². The number of nitrogen functional groups attached to an aromatic ring is 1. The zero-order chi connectivity index (χ0) is 17.1. The van der Waals surface area contributed by atoms with Crippen LogP contribution >= 0.6 is 19.2 Å². The number of hydrogen-bond acceptors (Lipinski definition) is 6. The fraction of sp³-hybridized carbons (Fsp3) is 0.615. The van der Waals surface area contributed by atoms with Crippen molar-refractivity contribution >= 4 is 36.3 Å². The fourth-order valence-electron chi connectivity index (χ4n) is 3.01. The van der Waals surface area contributed by atoms with Crippen molar-refractivity contribution in [3.63, 3.8) is 0 Å². The molecule has 1 saturated carbocycles. The molecular formula is C13H17ClN5O4P. The molecule has 0 bridgehead atoms. The van der Waals surface area contributed by atoms with E-state index in [0.29, 0.717) is 23.6 Å². The fourth-order valence-corrected chi connectivity index (χ4v) is 4.26.